The minimum Gasteiger partial charge on any atom is -0.297 e. The van der Waals surface area contributed by atoms with Gasteiger partial charge in [0.1, 0.15) is 11.0 Å². The van der Waals surface area contributed by atoms with E-state index in [1.807, 2.05) is 0 Å². The zero-order valence-corrected chi connectivity index (χ0v) is 9.58. The average Bonchev–Trinajstić information content (AvgIpc) is 2.29. The molecule has 0 unspecified atom stereocenters. The van der Waals surface area contributed by atoms with Gasteiger partial charge in [0.15, 0.2) is 0 Å². The Morgan fingerprint density at radius 3 is 2.41 bits per heavy atom. The Balaban J connectivity index is 2.76. The van der Waals surface area contributed by atoms with Crippen LogP contribution < -0.4 is 11.2 Å². The van der Waals surface area contributed by atoms with Crippen LogP contribution in [0.3, 0.4) is 0 Å². The molecule has 1 N–H and O–H groups in total. The zero-order valence-electron chi connectivity index (χ0n) is 8.83. The molecular formula is C11H8ClFN2O2. The van der Waals surface area contributed by atoms with Gasteiger partial charge in [0.05, 0.1) is 5.56 Å². The van der Waals surface area contributed by atoms with E-state index in [0.717, 1.165) is 4.57 Å². The molecular weight excluding hydrogens is 247 g/mol. The quantitative estimate of drug-likeness (QED) is 0.785. The summed E-state index contributed by atoms with van der Waals surface area (Å²) in [5, 5.41) is -0.0512. The summed E-state index contributed by atoms with van der Waals surface area (Å²) in [5.74, 6) is -0.411. The lowest BCUT2D eigenvalue weighted by atomic mass is 10.1. The first-order valence-electron chi connectivity index (χ1n) is 4.75. The molecule has 0 spiro atoms. The number of hydrogen-bond donors (Lipinski definition) is 1. The minimum atomic E-state index is -0.592. The van der Waals surface area contributed by atoms with Gasteiger partial charge in [-0.25, -0.2) is 9.18 Å². The summed E-state index contributed by atoms with van der Waals surface area (Å²) in [6, 6.07) is 5.29. The standard InChI is InChI=1S/C11H8ClFN2O2/c1-15-10(16)8(9(12)14-11(15)17)6-2-4-7(13)5-3-6/h2-5H,1H3,(H,14,17). The summed E-state index contributed by atoms with van der Waals surface area (Å²) in [4.78, 5) is 25.5. The van der Waals surface area contributed by atoms with Crippen molar-refractivity contribution in [3.05, 3.63) is 56.1 Å². The number of hydrogen-bond acceptors (Lipinski definition) is 2. The number of benzene rings is 1. The molecule has 1 heterocycles. The summed E-state index contributed by atoms with van der Waals surface area (Å²) in [6.45, 7) is 0. The lowest BCUT2D eigenvalue weighted by molar-refractivity contribution is 0.628. The maximum atomic E-state index is 12.8. The van der Waals surface area contributed by atoms with Crippen LogP contribution in [0.1, 0.15) is 0 Å². The van der Waals surface area contributed by atoms with Crippen LogP contribution in [0.25, 0.3) is 11.1 Å². The Kier molecular flexibility index (Phi) is 2.85. The topological polar surface area (TPSA) is 54.9 Å². The fourth-order valence-corrected chi connectivity index (χ4v) is 1.73. The minimum absolute atomic E-state index is 0.0512. The van der Waals surface area contributed by atoms with Crippen molar-refractivity contribution in [1.29, 1.82) is 0 Å². The Morgan fingerprint density at radius 1 is 1.24 bits per heavy atom. The predicted octanol–water partition coefficient (Wildman–Crippen LogP) is 1.53. The molecule has 0 atom stereocenters. The largest absolute Gasteiger partial charge is 0.329 e. The molecule has 4 nitrogen and oxygen atoms in total. The first kappa shape index (κ1) is 11.6. The molecule has 0 bridgehead atoms. The maximum Gasteiger partial charge on any atom is 0.329 e. The molecule has 6 heteroatoms. The van der Waals surface area contributed by atoms with E-state index in [1.54, 1.807) is 0 Å². The van der Waals surface area contributed by atoms with E-state index in [0.29, 0.717) is 5.56 Å². The summed E-state index contributed by atoms with van der Waals surface area (Å²) < 4.78 is 13.7. The molecule has 0 radical (unpaired) electrons. The lowest BCUT2D eigenvalue weighted by Gasteiger charge is -2.05. The van der Waals surface area contributed by atoms with Crippen molar-refractivity contribution in [1.82, 2.24) is 9.55 Å². The summed E-state index contributed by atoms with van der Waals surface area (Å²) >= 11 is 5.82. The van der Waals surface area contributed by atoms with E-state index < -0.39 is 17.1 Å². The first-order chi connectivity index (χ1) is 8.00. The number of H-pyrrole nitrogens is 1. The van der Waals surface area contributed by atoms with Crippen LogP contribution in [-0.2, 0) is 7.05 Å². The smallest absolute Gasteiger partial charge is 0.297 e. The third-order valence-electron chi connectivity index (χ3n) is 2.39. The van der Waals surface area contributed by atoms with Gasteiger partial charge in [-0.05, 0) is 17.7 Å². The van der Waals surface area contributed by atoms with E-state index >= 15 is 0 Å². The Bertz CT molecular complexity index is 673. The Labute approximate surface area is 100 Å². The van der Waals surface area contributed by atoms with Gasteiger partial charge in [-0.1, -0.05) is 23.7 Å². The van der Waals surface area contributed by atoms with Gasteiger partial charge < -0.3 is 0 Å². The molecule has 17 heavy (non-hydrogen) atoms. The molecule has 1 aromatic heterocycles. The average molecular weight is 255 g/mol. The van der Waals surface area contributed by atoms with Gasteiger partial charge in [-0.3, -0.25) is 14.3 Å². The van der Waals surface area contributed by atoms with E-state index in [2.05, 4.69) is 4.98 Å². The second kappa shape index (κ2) is 4.18. The van der Waals surface area contributed by atoms with Crippen LogP contribution >= 0.6 is 11.6 Å². The molecule has 0 saturated carbocycles. The molecule has 2 aromatic rings. The third-order valence-corrected chi connectivity index (χ3v) is 2.68. The second-order valence-corrected chi connectivity index (χ2v) is 3.87. The fourth-order valence-electron chi connectivity index (χ4n) is 1.46. The number of aromatic nitrogens is 2. The first-order valence-corrected chi connectivity index (χ1v) is 5.13. The molecule has 0 saturated heterocycles. The van der Waals surface area contributed by atoms with Gasteiger partial charge in [0, 0.05) is 7.05 Å². The number of rotatable bonds is 1. The van der Waals surface area contributed by atoms with Gasteiger partial charge >= 0.3 is 5.69 Å². The Hall–Kier alpha value is -1.88. The summed E-state index contributed by atoms with van der Waals surface area (Å²) in [5.41, 5.74) is -0.516. The van der Waals surface area contributed by atoms with Crippen LogP contribution in [-0.4, -0.2) is 9.55 Å². The van der Waals surface area contributed by atoms with E-state index in [-0.39, 0.29) is 10.7 Å². The van der Waals surface area contributed by atoms with Crippen molar-refractivity contribution >= 4 is 11.6 Å². The monoisotopic (exact) mass is 254 g/mol. The van der Waals surface area contributed by atoms with Crippen LogP contribution in [0, 0.1) is 5.82 Å². The number of nitrogens with one attached hydrogen (secondary N) is 1. The molecule has 0 amide bonds. The molecule has 0 fully saturated rings. The fraction of sp³-hybridized carbons (Fsp3) is 0.0909. The van der Waals surface area contributed by atoms with Crippen molar-refractivity contribution < 1.29 is 4.39 Å². The third kappa shape index (κ3) is 2.01. The highest BCUT2D eigenvalue weighted by atomic mass is 35.5. The molecule has 88 valence electrons. The molecule has 0 aliphatic heterocycles. The number of halogens is 2. The van der Waals surface area contributed by atoms with E-state index in [9.17, 15) is 14.0 Å². The molecule has 1 aromatic carbocycles. The normalized spacial score (nSPS) is 10.5. The van der Waals surface area contributed by atoms with E-state index in [1.165, 1.54) is 31.3 Å². The summed E-state index contributed by atoms with van der Waals surface area (Å²) in [6.07, 6.45) is 0. The van der Waals surface area contributed by atoms with E-state index in [4.69, 9.17) is 11.6 Å². The van der Waals surface area contributed by atoms with Crippen LogP contribution in [0.15, 0.2) is 33.9 Å². The van der Waals surface area contributed by atoms with Crippen LogP contribution in [0.5, 0.6) is 0 Å². The van der Waals surface area contributed by atoms with Crippen LogP contribution in [0.4, 0.5) is 4.39 Å². The molecule has 2 rings (SSSR count). The number of aromatic amines is 1. The number of nitrogens with zero attached hydrogens (tertiary/aromatic N) is 1. The molecule has 0 aliphatic rings. The highest BCUT2D eigenvalue weighted by Crippen LogP contribution is 2.21. The van der Waals surface area contributed by atoms with Crippen molar-refractivity contribution in [2.75, 3.05) is 0 Å². The lowest BCUT2D eigenvalue weighted by Crippen LogP contribution is -2.33. The SMILES string of the molecule is Cn1c(=O)[nH]c(Cl)c(-c2ccc(F)cc2)c1=O. The van der Waals surface area contributed by atoms with Crippen molar-refractivity contribution in [3.8, 4) is 11.1 Å². The van der Waals surface area contributed by atoms with Gasteiger partial charge in [-0.15, -0.1) is 0 Å². The van der Waals surface area contributed by atoms with Gasteiger partial charge in [0.2, 0.25) is 0 Å². The van der Waals surface area contributed by atoms with Crippen molar-refractivity contribution in [3.63, 3.8) is 0 Å². The zero-order chi connectivity index (χ0) is 12.6. The molecule has 0 aliphatic carbocycles. The summed E-state index contributed by atoms with van der Waals surface area (Å²) in [7, 11) is 1.34. The van der Waals surface area contributed by atoms with Gasteiger partial charge in [0.25, 0.3) is 5.56 Å². The Morgan fingerprint density at radius 2 is 1.82 bits per heavy atom. The van der Waals surface area contributed by atoms with Crippen molar-refractivity contribution in [2.24, 2.45) is 7.05 Å². The van der Waals surface area contributed by atoms with Gasteiger partial charge in [-0.2, -0.15) is 0 Å². The second-order valence-electron chi connectivity index (χ2n) is 3.49. The van der Waals surface area contributed by atoms with Crippen LogP contribution in [0.2, 0.25) is 5.15 Å². The van der Waals surface area contributed by atoms with Crippen molar-refractivity contribution in [2.45, 2.75) is 0 Å². The predicted molar refractivity (Wildman–Crippen MR) is 62.7 cm³/mol. The highest BCUT2D eigenvalue weighted by Gasteiger charge is 2.12. The maximum absolute atomic E-state index is 12.8. The highest BCUT2D eigenvalue weighted by molar-refractivity contribution is 6.32.